The second-order valence-electron chi connectivity index (χ2n) is 7.04. The number of aromatic amines is 1. The average Bonchev–Trinajstić information content (AvgIpc) is 3.18. The predicted octanol–water partition coefficient (Wildman–Crippen LogP) is 2.57. The van der Waals surface area contributed by atoms with Gasteiger partial charge in [-0.3, -0.25) is 9.59 Å². The predicted molar refractivity (Wildman–Crippen MR) is 110 cm³/mol. The lowest BCUT2D eigenvalue weighted by atomic mass is 9.93. The van der Waals surface area contributed by atoms with Crippen LogP contribution < -0.4 is 5.56 Å². The summed E-state index contributed by atoms with van der Waals surface area (Å²) >= 11 is 1.35. The Balaban J connectivity index is 1.50. The second-order valence-corrected chi connectivity index (χ2v) is 8.04. The number of likely N-dealkylation sites (tertiary alicyclic amines) is 1. The Morgan fingerprint density at radius 3 is 2.62 bits per heavy atom. The van der Waals surface area contributed by atoms with Crippen molar-refractivity contribution in [2.45, 2.75) is 39.0 Å². The Kier molecular flexibility index (Phi) is 5.48. The topological polar surface area (TPSA) is 105 Å². The van der Waals surface area contributed by atoms with Crippen LogP contribution in [0.3, 0.4) is 0 Å². The van der Waals surface area contributed by atoms with Gasteiger partial charge in [0.25, 0.3) is 11.5 Å². The molecule has 1 saturated heterocycles. The van der Waals surface area contributed by atoms with E-state index >= 15 is 0 Å². The third kappa shape index (κ3) is 4.09. The van der Waals surface area contributed by atoms with Crippen LogP contribution in [-0.2, 0) is 6.42 Å². The number of aryl methyl sites for hydroxylation is 2. The monoisotopic (exact) mass is 410 g/mol. The molecule has 1 fully saturated rings. The highest BCUT2D eigenvalue weighted by Gasteiger charge is 2.28. The third-order valence-corrected chi connectivity index (χ3v) is 6.15. The van der Waals surface area contributed by atoms with E-state index in [4.69, 9.17) is 0 Å². The largest absolute Gasteiger partial charge is 0.338 e. The molecule has 4 rings (SSSR count). The lowest BCUT2D eigenvalue weighted by molar-refractivity contribution is 0.0715. The molecule has 1 aliphatic rings. The van der Waals surface area contributed by atoms with Crippen molar-refractivity contribution in [1.82, 2.24) is 29.8 Å². The zero-order valence-electron chi connectivity index (χ0n) is 16.4. The molecule has 9 heteroatoms. The number of carbonyl (C=O) groups excluding carboxylic acids is 1. The highest BCUT2D eigenvalue weighted by Crippen LogP contribution is 2.30. The minimum absolute atomic E-state index is 0.00929. The van der Waals surface area contributed by atoms with E-state index in [0.717, 1.165) is 24.2 Å². The van der Waals surface area contributed by atoms with Gasteiger partial charge in [0.1, 0.15) is 10.7 Å². The summed E-state index contributed by atoms with van der Waals surface area (Å²) in [6.45, 7) is 5.05. The van der Waals surface area contributed by atoms with E-state index in [2.05, 4.69) is 24.9 Å². The second kappa shape index (κ2) is 8.20. The molecule has 29 heavy (non-hydrogen) atoms. The van der Waals surface area contributed by atoms with Gasteiger partial charge in [0.2, 0.25) is 0 Å². The number of piperidine rings is 1. The molecule has 0 unspecified atom stereocenters. The first-order valence-corrected chi connectivity index (χ1v) is 10.5. The van der Waals surface area contributed by atoms with E-state index in [-0.39, 0.29) is 17.4 Å². The van der Waals surface area contributed by atoms with Crippen molar-refractivity contribution in [2.24, 2.45) is 0 Å². The first-order valence-electron chi connectivity index (χ1n) is 9.69. The maximum absolute atomic E-state index is 13.2. The zero-order valence-corrected chi connectivity index (χ0v) is 17.2. The number of aromatic nitrogens is 5. The number of hydrogen-bond acceptors (Lipinski definition) is 7. The molecule has 0 atom stereocenters. The molecular formula is C20H22N6O2S. The maximum Gasteiger partial charge on any atom is 0.265 e. The summed E-state index contributed by atoms with van der Waals surface area (Å²) in [5, 5.41) is 0.670. The highest BCUT2D eigenvalue weighted by atomic mass is 32.1. The maximum atomic E-state index is 13.2. The molecule has 0 spiro atoms. The van der Waals surface area contributed by atoms with Crippen molar-refractivity contribution in [2.75, 3.05) is 13.1 Å². The molecule has 150 valence electrons. The van der Waals surface area contributed by atoms with Gasteiger partial charge in [0.05, 0.1) is 11.4 Å². The van der Waals surface area contributed by atoms with Crippen molar-refractivity contribution in [3.63, 3.8) is 0 Å². The molecular weight excluding hydrogens is 388 g/mol. The van der Waals surface area contributed by atoms with E-state index < -0.39 is 0 Å². The SMILES string of the molecule is CCc1nc(-c2ncccn2)sc1C(=O)N1CCC(c2cc(=O)[nH]c(C)n2)CC1. The van der Waals surface area contributed by atoms with Crippen LogP contribution in [0, 0.1) is 6.92 Å². The molecule has 1 aliphatic heterocycles. The fourth-order valence-corrected chi connectivity index (χ4v) is 4.67. The molecule has 0 radical (unpaired) electrons. The number of thiazole rings is 1. The molecule has 8 nitrogen and oxygen atoms in total. The lowest BCUT2D eigenvalue weighted by Gasteiger charge is -2.31. The van der Waals surface area contributed by atoms with Gasteiger partial charge in [-0.25, -0.2) is 19.9 Å². The molecule has 4 heterocycles. The third-order valence-electron chi connectivity index (χ3n) is 5.06. The molecule has 0 aliphatic carbocycles. The highest BCUT2D eigenvalue weighted by molar-refractivity contribution is 7.17. The van der Waals surface area contributed by atoms with Gasteiger partial charge in [-0.15, -0.1) is 11.3 Å². The minimum Gasteiger partial charge on any atom is -0.338 e. The molecule has 3 aromatic rings. The quantitative estimate of drug-likeness (QED) is 0.709. The molecule has 0 bridgehead atoms. The van der Waals surface area contributed by atoms with Gasteiger partial charge < -0.3 is 9.88 Å². The van der Waals surface area contributed by atoms with Crippen LogP contribution in [0.4, 0.5) is 0 Å². The molecule has 1 amide bonds. The molecule has 1 N–H and O–H groups in total. The number of nitrogens with one attached hydrogen (secondary N) is 1. The Morgan fingerprint density at radius 2 is 1.97 bits per heavy atom. The Labute approximate surface area is 172 Å². The van der Waals surface area contributed by atoms with Crippen molar-refractivity contribution >= 4 is 17.2 Å². The van der Waals surface area contributed by atoms with Crippen molar-refractivity contribution in [3.8, 4) is 10.8 Å². The van der Waals surface area contributed by atoms with Gasteiger partial charge in [0.15, 0.2) is 10.8 Å². The van der Waals surface area contributed by atoms with E-state index in [1.54, 1.807) is 31.5 Å². The van der Waals surface area contributed by atoms with Crippen LogP contribution in [0.1, 0.15) is 52.6 Å². The Morgan fingerprint density at radius 1 is 1.24 bits per heavy atom. The van der Waals surface area contributed by atoms with Gasteiger partial charge in [-0.1, -0.05) is 6.92 Å². The van der Waals surface area contributed by atoms with E-state index in [0.29, 0.717) is 41.0 Å². The van der Waals surface area contributed by atoms with Crippen LogP contribution in [0.5, 0.6) is 0 Å². The van der Waals surface area contributed by atoms with Gasteiger partial charge >= 0.3 is 0 Å². The first-order chi connectivity index (χ1) is 14.0. The number of H-pyrrole nitrogens is 1. The summed E-state index contributed by atoms with van der Waals surface area (Å²) in [6.07, 6.45) is 5.60. The Hall–Kier alpha value is -2.94. The molecule has 0 aromatic carbocycles. The summed E-state index contributed by atoms with van der Waals surface area (Å²) in [4.78, 5) is 47.7. The summed E-state index contributed by atoms with van der Waals surface area (Å²) in [5.41, 5.74) is 1.48. The number of carbonyl (C=O) groups is 1. The lowest BCUT2D eigenvalue weighted by Crippen LogP contribution is -2.38. The summed E-state index contributed by atoms with van der Waals surface area (Å²) in [5.74, 6) is 1.37. The van der Waals surface area contributed by atoms with Crippen molar-refractivity contribution in [1.29, 1.82) is 0 Å². The number of rotatable bonds is 4. The number of nitrogens with zero attached hydrogens (tertiary/aromatic N) is 5. The van der Waals surface area contributed by atoms with E-state index in [9.17, 15) is 9.59 Å². The van der Waals surface area contributed by atoms with Crippen LogP contribution >= 0.6 is 11.3 Å². The van der Waals surface area contributed by atoms with Gasteiger partial charge in [-0.2, -0.15) is 0 Å². The summed E-state index contributed by atoms with van der Waals surface area (Å²) in [7, 11) is 0. The van der Waals surface area contributed by atoms with E-state index in [1.807, 2.05) is 11.8 Å². The average molecular weight is 411 g/mol. The van der Waals surface area contributed by atoms with Crippen LogP contribution in [-0.4, -0.2) is 48.8 Å². The first kappa shape index (κ1) is 19.4. The Bertz CT molecular complexity index is 1070. The normalized spacial score (nSPS) is 14.9. The standard InChI is InChI=1S/C20H22N6O2S/c1-3-14-17(29-19(25-14)18-21-7-4-8-22-18)20(28)26-9-5-13(6-10-26)15-11-16(27)24-12(2)23-15/h4,7-8,11,13H,3,5-6,9-10H2,1-2H3,(H,23,24,27). The van der Waals surface area contributed by atoms with Crippen LogP contribution in [0.15, 0.2) is 29.3 Å². The summed E-state index contributed by atoms with van der Waals surface area (Å²) < 4.78 is 0. The number of amides is 1. The number of hydrogen-bond donors (Lipinski definition) is 1. The van der Waals surface area contributed by atoms with Crippen LogP contribution in [0.25, 0.3) is 10.8 Å². The minimum atomic E-state index is -0.126. The van der Waals surface area contributed by atoms with Crippen molar-refractivity contribution < 1.29 is 4.79 Å². The van der Waals surface area contributed by atoms with Crippen LogP contribution in [0.2, 0.25) is 0 Å². The smallest absolute Gasteiger partial charge is 0.265 e. The van der Waals surface area contributed by atoms with Crippen molar-refractivity contribution in [3.05, 3.63) is 57.0 Å². The molecule has 3 aromatic heterocycles. The fraction of sp³-hybridized carbons (Fsp3) is 0.400. The molecule has 0 saturated carbocycles. The fourth-order valence-electron chi connectivity index (χ4n) is 3.60. The van der Waals surface area contributed by atoms with Gasteiger partial charge in [0, 0.05) is 37.5 Å². The van der Waals surface area contributed by atoms with E-state index in [1.165, 1.54) is 11.3 Å². The van der Waals surface area contributed by atoms with Gasteiger partial charge in [-0.05, 0) is 32.3 Å². The zero-order chi connectivity index (χ0) is 20.4. The summed E-state index contributed by atoms with van der Waals surface area (Å²) in [6, 6.07) is 3.32.